The third-order valence-electron chi connectivity index (χ3n) is 2.19. The molecule has 0 spiro atoms. The maximum absolute atomic E-state index is 5.55. The van der Waals surface area contributed by atoms with Crippen LogP contribution in [0.2, 0.25) is 0 Å². The number of benzene rings is 1. The van der Waals surface area contributed by atoms with Gasteiger partial charge in [0.1, 0.15) is 16.8 Å². The standard InChI is InChI=1S/C11H15NOS/c1-7-4-5-10(6-8(7)2)13-9(3)11(12)14/h4-6,9H,1-3H3,(H2,12,14). The average Bonchev–Trinajstić information content (AvgIpc) is 2.11. The number of hydrogen-bond acceptors (Lipinski definition) is 2. The zero-order chi connectivity index (χ0) is 10.7. The monoisotopic (exact) mass is 209 g/mol. The first-order valence-electron chi connectivity index (χ1n) is 4.54. The molecule has 0 aliphatic carbocycles. The quantitative estimate of drug-likeness (QED) is 0.776. The van der Waals surface area contributed by atoms with Gasteiger partial charge in [-0.15, -0.1) is 0 Å². The number of thiocarbonyl (C=S) groups is 1. The van der Waals surface area contributed by atoms with Crippen molar-refractivity contribution in [2.75, 3.05) is 0 Å². The van der Waals surface area contributed by atoms with Crippen LogP contribution in [0.15, 0.2) is 18.2 Å². The summed E-state index contributed by atoms with van der Waals surface area (Å²) in [4.78, 5) is 0.378. The van der Waals surface area contributed by atoms with Gasteiger partial charge in [0.25, 0.3) is 0 Å². The molecule has 0 aliphatic rings. The van der Waals surface area contributed by atoms with Gasteiger partial charge in [0.2, 0.25) is 0 Å². The van der Waals surface area contributed by atoms with E-state index in [0.29, 0.717) is 4.99 Å². The van der Waals surface area contributed by atoms with Crippen LogP contribution in [0, 0.1) is 13.8 Å². The van der Waals surface area contributed by atoms with E-state index < -0.39 is 0 Å². The van der Waals surface area contributed by atoms with E-state index >= 15 is 0 Å². The minimum Gasteiger partial charge on any atom is -0.484 e. The van der Waals surface area contributed by atoms with Crippen LogP contribution in [0.1, 0.15) is 18.1 Å². The van der Waals surface area contributed by atoms with Gasteiger partial charge in [-0.25, -0.2) is 0 Å². The van der Waals surface area contributed by atoms with Gasteiger partial charge in [-0.05, 0) is 44.0 Å². The topological polar surface area (TPSA) is 35.2 Å². The zero-order valence-corrected chi connectivity index (χ0v) is 9.52. The van der Waals surface area contributed by atoms with Crippen molar-refractivity contribution in [3.63, 3.8) is 0 Å². The van der Waals surface area contributed by atoms with Crippen molar-refractivity contribution >= 4 is 17.2 Å². The number of hydrogen-bond donors (Lipinski definition) is 1. The molecule has 1 unspecified atom stereocenters. The molecule has 1 aromatic rings. The summed E-state index contributed by atoms with van der Waals surface area (Å²) in [5.41, 5.74) is 7.91. The number of aryl methyl sites for hydroxylation is 2. The molecule has 2 nitrogen and oxygen atoms in total. The molecular weight excluding hydrogens is 194 g/mol. The van der Waals surface area contributed by atoms with Crippen molar-refractivity contribution in [1.29, 1.82) is 0 Å². The Hall–Kier alpha value is -1.09. The Morgan fingerprint density at radius 2 is 2.00 bits per heavy atom. The highest BCUT2D eigenvalue weighted by Crippen LogP contribution is 2.17. The fraction of sp³-hybridized carbons (Fsp3) is 0.364. The Morgan fingerprint density at radius 3 is 2.50 bits per heavy atom. The SMILES string of the molecule is Cc1ccc(OC(C)C(N)=S)cc1C. The summed E-state index contributed by atoms with van der Waals surface area (Å²) in [6.45, 7) is 5.96. The molecule has 0 saturated carbocycles. The molecule has 0 aliphatic heterocycles. The molecule has 0 fully saturated rings. The van der Waals surface area contributed by atoms with Crippen LogP contribution in [0.25, 0.3) is 0 Å². The molecule has 0 saturated heterocycles. The van der Waals surface area contributed by atoms with Gasteiger partial charge < -0.3 is 10.5 Å². The van der Waals surface area contributed by atoms with Gasteiger partial charge >= 0.3 is 0 Å². The number of rotatable bonds is 3. The van der Waals surface area contributed by atoms with Gasteiger partial charge in [0.15, 0.2) is 0 Å². The van der Waals surface area contributed by atoms with E-state index in [0.717, 1.165) is 5.75 Å². The Balaban J connectivity index is 2.78. The lowest BCUT2D eigenvalue weighted by atomic mass is 10.1. The van der Waals surface area contributed by atoms with Crippen molar-refractivity contribution in [2.45, 2.75) is 26.9 Å². The summed E-state index contributed by atoms with van der Waals surface area (Å²) < 4.78 is 5.55. The summed E-state index contributed by atoms with van der Waals surface area (Å²) in [5.74, 6) is 0.813. The maximum Gasteiger partial charge on any atom is 0.145 e. The van der Waals surface area contributed by atoms with Crippen LogP contribution < -0.4 is 10.5 Å². The molecule has 76 valence electrons. The normalized spacial score (nSPS) is 12.2. The summed E-state index contributed by atoms with van der Waals surface area (Å²) in [5, 5.41) is 0. The Morgan fingerprint density at radius 1 is 1.36 bits per heavy atom. The lowest BCUT2D eigenvalue weighted by molar-refractivity contribution is 0.288. The second kappa shape index (κ2) is 4.42. The molecule has 0 bridgehead atoms. The molecule has 2 N–H and O–H groups in total. The van der Waals surface area contributed by atoms with Crippen LogP contribution in [0.4, 0.5) is 0 Å². The third kappa shape index (κ3) is 2.70. The first-order valence-corrected chi connectivity index (χ1v) is 4.94. The smallest absolute Gasteiger partial charge is 0.145 e. The molecule has 0 aromatic heterocycles. The van der Waals surface area contributed by atoms with Gasteiger partial charge in [0, 0.05) is 0 Å². The minimum absolute atomic E-state index is 0.216. The first-order chi connectivity index (χ1) is 6.50. The van der Waals surface area contributed by atoms with Crippen molar-refractivity contribution in [3.8, 4) is 5.75 Å². The second-order valence-electron chi connectivity index (χ2n) is 3.41. The zero-order valence-electron chi connectivity index (χ0n) is 8.70. The molecule has 0 amide bonds. The second-order valence-corrected chi connectivity index (χ2v) is 3.88. The van der Waals surface area contributed by atoms with E-state index in [1.165, 1.54) is 11.1 Å². The number of nitrogens with two attached hydrogens (primary N) is 1. The van der Waals surface area contributed by atoms with Crippen molar-refractivity contribution in [2.24, 2.45) is 5.73 Å². The highest BCUT2D eigenvalue weighted by Gasteiger charge is 2.06. The molecule has 1 rings (SSSR count). The predicted molar refractivity (Wildman–Crippen MR) is 62.8 cm³/mol. The molecule has 14 heavy (non-hydrogen) atoms. The van der Waals surface area contributed by atoms with E-state index in [-0.39, 0.29) is 6.10 Å². The van der Waals surface area contributed by atoms with Gasteiger partial charge in [0.05, 0.1) is 0 Å². The molecular formula is C11H15NOS. The van der Waals surface area contributed by atoms with E-state index in [9.17, 15) is 0 Å². The first kappa shape index (κ1) is 11.0. The Labute approximate surface area is 90.1 Å². The lowest BCUT2D eigenvalue weighted by Crippen LogP contribution is -2.28. The highest BCUT2D eigenvalue weighted by atomic mass is 32.1. The number of ether oxygens (including phenoxy) is 1. The Bertz CT molecular complexity index is 349. The molecule has 0 radical (unpaired) electrons. The van der Waals surface area contributed by atoms with Crippen molar-refractivity contribution < 1.29 is 4.74 Å². The van der Waals surface area contributed by atoms with Gasteiger partial charge in [-0.2, -0.15) is 0 Å². The van der Waals surface area contributed by atoms with Gasteiger partial charge in [-0.1, -0.05) is 18.3 Å². The fourth-order valence-corrected chi connectivity index (χ4v) is 1.10. The summed E-state index contributed by atoms with van der Waals surface area (Å²) in [7, 11) is 0. The Kier molecular flexibility index (Phi) is 3.47. The van der Waals surface area contributed by atoms with Crippen LogP contribution in [0.3, 0.4) is 0 Å². The lowest BCUT2D eigenvalue weighted by Gasteiger charge is -2.13. The maximum atomic E-state index is 5.55. The summed E-state index contributed by atoms with van der Waals surface area (Å²) in [6, 6.07) is 5.94. The third-order valence-corrected chi connectivity index (χ3v) is 2.52. The molecule has 1 aromatic carbocycles. The average molecular weight is 209 g/mol. The highest BCUT2D eigenvalue weighted by molar-refractivity contribution is 7.80. The van der Waals surface area contributed by atoms with Crippen LogP contribution in [-0.2, 0) is 0 Å². The van der Waals surface area contributed by atoms with E-state index in [4.69, 9.17) is 22.7 Å². The van der Waals surface area contributed by atoms with Crippen LogP contribution in [0.5, 0.6) is 5.75 Å². The molecule has 3 heteroatoms. The molecule has 0 heterocycles. The molecule has 1 atom stereocenters. The fourth-order valence-electron chi connectivity index (χ4n) is 1.05. The van der Waals surface area contributed by atoms with Crippen LogP contribution in [-0.4, -0.2) is 11.1 Å². The van der Waals surface area contributed by atoms with Crippen molar-refractivity contribution in [1.82, 2.24) is 0 Å². The predicted octanol–water partition coefficient (Wildman–Crippen LogP) is 2.36. The minimum atomic E-state index is -0.216. The van der Waals surface area contributed by atoms with E-state index in [1.807, 2.05) is 32.0 Å². The largest absolute Gasteiger partial charge is 0.484 e. The van der Waals surface area contributed by atoms with Crippen molar-refractivity contribution in [3.05, 3.63) is 29.3 Å². The van der Waals surface area contributed by atoms with E-state index in [1.54, 1.807) is 0 Å². The van der Waals surface area contributed by atoms with Gasteiger partial charge in [-0.3, -0.25) is 0 Å². The summed E-state index contributed by atoms with van der Waals surface area (Å²) >= 11 is 4.83. The summed E-state index contributed by atoms with van der Waals surface area (Å²) in [6.07, 6.45) is -0.216. The van der Waals surface area contributed by atoms with Crippen LogP contribution >= 0.6 is 12.2 Å². The van der Waals surface area contributed by atoms with E-state index in [2.05, 4.69) is 6.92 Å².